The molecule has 2 aromatic heterocycles. The molecule has 0 aliphatic carbocycles. The van der Waals surface area contributed by atoms with E-state index in [4.69, 9.17) is 36.2 Å². The number of rotatable bonds is 6. The van der Waals surface area contributed by atoms with Crippen molar-refractivity contribution >= 4 is 109 Å². The Morgan fingerprint density at radius 2 is 0.570 bits per heavy atom. The Morgan fingerprint density at radius 3 is 1.01 bits per heavy atom. The van der Waals surface area contributed by atoms with Gasteiger partial charge in [-0.3, -0.25) is 0 Å². The summed E-state index contributed by atoms with van der Waals surface area (Å²) in [5, 5.41) is 6.00. The van der Waals surface area contributed by atoms with Crippen LogP contribution >= 0.6 is 0 Å². The zero-order valence-corrected chi connectivity index (χ0v) is 44.8. The second-order valence-electron chi connectivity index (χ2n) is 20.5. The van der Waals surface area contributed by atoms with Crippen molar-refractivity contribution in [2.75, 3.05) is 0 Å². The van der Waals surface area contributed by atoms with E-state index < -0.39 is 168 Å². The van der Waals surface area contributed by atoms with Gasteiger partial charge in [0.1, 0.15) is 22.3 Å². The summed E-state index contributed by atoms with van der Waals surface area (Å²) in [4.78, 5) is 0. The van der Waals surface area contributed by atoms with Crippen LogP contribution in [0.5, 0.6) is 0 Å². The second kappa shape index (κ2) is 20.2. The van der Waals surface area contributed by atoms with Crippen molar-refractivity contribution in [2.24, 2.45) is 0 Å². The van der Waals surface area contributed by atoms with Gasteiger partial charge in [0.25, 0.3) is 0 Å². The minimum absolute atomic E-state index is 0.0715. The molecular formula is C84H52O2. The Kier molecular flexibility index (Phi) is 7.01. The normalized spacial score (nSPS) is 16.0. The van der Waals surface area contributed by atoms with Crippen LogP contribution in [0.1, 0.15) is 35.6 Å². The van der Waals surface area contributed by atoms with E-state index in [1.807, 2.05) is 127 Å². The fourth-order valence-corrected chi connectivity index (χ4v) is 12.3. The molecular weight excluding hydrogens is 1040 g/mol. The smallest absolute Gasteiger partial charge is 0.143 e. The van der Waals surface area contributed by atoms with Gasteiger partial charge in [-0.25, -0.2) is 0 Å². The zero-order chi connectivity index (χ0) is 79.3. The van der Waals surface area contributed by atoms with E-state index in [0.29, 0.717) is 33.4 Å². The zero-order valence-electron chi connectivity index (χ0n) is 70.8. The highest BCUT2D eigenvalue weighted by Crippen LogP contribution is 2.48. The van der Waals surface area contributed by atoms with E-state index in [1.54, 1.807) is 30.3 Å². The lowest BCUT2D eigenvalue weighted by Crippen LogP contribution is -1.91. The van der Waals surface area contributed by atoms with Crippen LogP contribution in [0, 0.1) is 0 Å². The Bertz CT molecular complexity index is 7110. The summed E-state index contributed by atoms with van der Waals surface area (Å²) in [5.41, 5.74) is 5.25. The summed E-state index contributed by atoms with van der Waals surface area (Å²) < 4.78 is 241. The Balaban J connectivity index is 0.000000163. The van der Waals surface area contributed by atoms with Crippen molar-refractivity contribution in [2.45, 2.75) is 0 Å². The van der Waals surface area contributed by atoms with E-state index in [9.17, 15) is 8.22 Å². The number of benzene rings is 16. The molecule has 0 N–H and O–H groups in total. The van der Waals surface area contributed by atoms with Gasteiger partial charge in [-0.2, -0.15) is 0 Å². The molecule has 18 aromatic rings. The minimum Gasteiger partial charge on any atom is -0.455 e. The first-order valence-electron chi connectivity index (χ1n) is 40.4. The molecule has 0 amide bonds. The molecule has 2 heteroatoms. The van der Waals surface area contributed by atoms with Crippen molar-refractivity contribution in [3.05, 3.63) is 315 Å². The van der Waals surface area contributed by atoms with Crippen molar-refractivity contribution < 1.29 is 44.5 Å². The quantitative estimate of drug-likeness (QED) is 0.155. The average Bonchev–Trinajstić information content (AvgIpc) is 0.857. The van der Waals surface area contributed by atoms with Crippen molar-refractivity contribution in [3.8, 4) is 66.8 Å². The lowest BCUT2D eigenvalue weighted by atomic mass is 9.85. The van der Waals surface area contributed by atoms with Crippen LogP contribution < -0.4 is 0 Å². The third-order valence-electron chi connectivity index (χ3n) is 16.0. The predicted octanol–water partition coefficient (Wildman–Crippen LogP) is 24.1. The number of furan rings is 2. The highest BCUT2D eigenvalue weighted by atomic mass is 16.3. The molecule has 0 bridgehead atoms. The van der Waals surface area contributed by atoms with Gasteiger partial charge in [-0.05, 0) is 151 Å². The molecule has 2 heterocycles. The fraction of sp³-hybridized carbons (Fsp3) is 0. The highest BCUT2D eigenvalue weighted by molar-refractivity contribution is 6.25. The van der Waals surface area contributed by atoms with Crippen LogP contribution in [-0.4, -0.2) is 0 Å². The molecule has 0 spiro atoms. The van der Waals surface area contributed by atoms with Crippen LogP contribution in [0.4, 0.5) is 0 Å². The molecule has 0 fully saturated rings. The molecule has 0 aliphatic heterocycles. The second-order valence-corrected chi connectivity index (χ2v) is 20.5. The van der Waals surface area contributed by atoms with E-state index >= 15 is 0 Å². The van der Waals surface area contributed by atoms with E-state index in [0.717, 1.165) is 65.4 Å². The highest BCUT2D eigenvalue weighted by Gasteiger charge is 2.21. The summed E-state index contributed by atoms with van der Waals surface area (Å²) >= 11 is 0. The number of hydrogen-bond donors (Lipinski definition) is 0. The Morgan fingerprint density at radius 1 is 0.221 bits per heavy atom. The van der Waals surface area contributed by atoms with Gasteiger partial charge < -0.3 is 8.83 Å². The number of hydrogen-bond acceptors (Lipinski definition) is 2. The van der Waals surface area contributed by atoms with Gasteiger partial charge in [0.2, 0.25) is 0 Å². The molecule has 0 unspecified atom stereocenters. The van der Waals surface area contributed by atoms with Gasteiger partial charge in [0, 0.05) is 32.3 Å². The summed E-state index contributed by atoms with van der Waals surface area (Å²) in [7, 11) is 0. The summed E-state index contributed by atoms with van der Waals surface area (Å²) in [6.45, 7) is 0. The topological polar surface area (TPSA) is 26.3 Å². The molecule has 0 radical (unpaired) electrons. The van der Waals surface area contributed by atoms with Crippen LogP contribution in [-0.2, 0) is 0 Å². The first-order valence-corrected chi connectivity index (χ1v) is 27.4. The largest absolute Gasteiger partial charge is 0.455 e. The SMILES string of the molecule is [2H]c1c([2H])c([2H])c(-c2c3c([2H])c([2H])c([2H])c([2H])c3c(-c3ccc(-c4cccc5oc6c7ccccc7ccc6c45)cc3)c3c([2H])c([2H])c([2H])c([2H])c23)c([2H])c1[2H].[2H]c1c([2H])c([2H])c(-c2c3c([2H])c([2H])c([2H])c([2H])c3c(-c3cccc(-c4cccc5oc6c7ccccc7ccc6c45)c3)c3c([2H])c([2H])c([2H])c([2H])c23)c([2H])c1[2H]. The lowest BCUT2D eigenvalue weighted by molar-refractivity contribution is 0.672. The third-order valence-corrected chi connectivity index (χ3v) is 16.0. The molecule has 16 aromatic carbocycles. The number of fused-ring (bicyclic) bond motifs is 14. The van der Waals surface area contributed by atoms with Gasteiger partial charge in [-0.1, -0.05) is 284 Å². The lowest BCUT2D eigenvalue weighted by Gasteiger charge is -2.18. The standard InChI is InChI=1S/2C42H26O/c1-2-13-28(14-3-1)39-33-18-6-8-20-35(33)40(36-21-9-7-19-34(36)39)30-16-10-15-29(26-30)31-22-11-23-38-41(31)37-25-24-27-12-4-5-17-32(27)42(37)43-38;1-2-12-29(13-3-1)39-33-15-6-8-17-35(33)40(36-18-9-7-16-34(36)39)30-23-21-28(22-24-30)31-19-10-20-38-41(31)37-26-25-27-11-4-5-14-32(27)42(37)43-38/h2*1-26H/i1D,2D,3D,6D,7D,8D,9D,13D,14D,18D,19D,20D,21D;1D,2D,3D,6D,7D,8D,9D,12D,13D,15D,16D,17D,18D. The molecule has 0 atom stereocenters. The first kappa shape index (κ1) is 29.8. The third kappa shape index (κ3) is 7.95. The van der Waals surface area contributed by atoms with Crippen molar-refractivity contribution in [1.29, 1.82) is 0 Å². The van der Waals surface area contributed by atoms with Crippen LogP contribution in [0.3, 0.4) is 0 Å². The van der Waals surface area contributed by atoms with Crippen LogP contribution in [0.15, 0.2) is 324 Å². The van der Waals surface area contributed by atoms with Crippen molar-refractivity contribution in [1.82, 2.24) is 0 Å². The molecule has 2 nitrogen and oxygen atoms in total. The molecule has 0 saturated carbocycles. The van der Waals surface area contributed by atoms with E-state index in [1.165, 1.54) is 0 Å². The van der Waals surface area contributed by atoms with E-state index in [-0.39, 0.29) is 65.3 Å². The summed E-state index contributed by atoms with van der Waals surface area (Å²) in [6.07, 6.45) is 0. The predicted molar refractivity (Wildman–Crippen MR) is 365 cm³/mol. The van der Waals surface area contributed by atoms with Crippen LogP contribution in [0.2, 0.25) is 0 Å². The monoisotopic (exact) mass is 1120 g/mol. The first-order chi connectivity index (χ1) is 53.5. The maximum Gasteiger partial charge on any atom is 0.143 e. The van der Waals surface area contributed by atoms with Gasteiger partial charge in [0.05, 0.1) is 35.6 Å². The van der Waals surface area contributed by atoms with Crippen molar-refractivity contribution in [3.63, 3.8) is 0 Å². The van der Waals surface area contributed by atoms with Crippen LogP contribution in [0.25, 0.3) is 175 Å². The molecule has 18 rings (SSSR count). The van der Waals surface area contributed by atoms with Gasteiger partial charge >= 0.3 is 0 Å². The Hall–Kier alpha value is -11.3. The maximum absolute atomic E-state index is 9.26. The fourth-order valence-electron chi connectivity index (χ4n) is 12.3. The molecule has 0 saturated heterocycles. The summed E-state index contributed by atoms with van der Waals surface area (Å²) in [6, 6.07) is 32.9. The van der Waals surface area contributed by atoms with Gasteiger partial charge in [0.15, 0.2) is 0 Å². The Labute approximate surface area is 533 Å². The summed E-state index contributed by atoms with van der Waals surface area (Å²) in [5.74, 6) is 0. The van der Waals surface area contributed by atoms with E-state index in [2.05, 4.69) is 0 Å². The molecule has 400 valence electrons. The average molecular weight is 1120 g/mol. The molecule has 0 aliphatic rings. The minimum atomic E-state index is -0.713. The van der Waals surface area contributed by atoms with Gasteiger partial charge in [-0.15, -0.1) is 0 Å². The molecule has 86 heavy (non-hydrogen) atoms. The maximum atomic E-state index is 9.26.